The van der Waals surface area contributed by atoms with Crippen molar-refractivity contribution in [3.63, 3.8) is 0 Å². The highest BCUT2D eigenvalue weighted by Crippen LogP contribution is 2.41. The average molecular weight is 415 g/mol. The number of likely N-dealkylation sites (N-methyl/N-ethyl adjacent to an activating group) is 1. The second-order valence-corrected chi connectivity index (χ2v) is 10.6. The van der Waals surface area contributed by atoms with Gasteiger partial charge in [-0.25, -0.2) is 0 Å². The van der Waals surface area contributed by atoms with E-state index in [2.05, 4.69) is 34.1 Å². The SMILES string of the molecule is CN(C)[C@@H]1C[C@@H]2CN(C(=O)c3cn[nH]c3C3CCCCC3)C[C@@H]2C[C@H]1OCC1CC1. The molecule has 1 aromatic rings. The summed E-state index contributed by atoms with van der Waals surface area (Å²) in [6, 6.07) is 0.465. The smallest absolute Gasteiger partial charge is 0.257 e. The van der Waals surface area contributed by atoms with E-state index in [-0.39, 0.29) is 5.91 Å². The lowest BCUT2D eigenvalue weighted by atomic mass is 9.77. The van der Waals surface area contributed by atoms with Gasteiger partial charge in [0.1, 0.15) is 0 Å². The fourth-order valence-electron chi connectivity index (χ4n) is 6.16. The normalized spacial score (nSPS) is 32.6. The number of likely N-dealkylation sites (tertiary alicyclic amines) is 1. The van der Waals surface area contributed by atoms with Crippen molar-refractivity contribution >= 4 is 5.91 Å². The zero-order chi connectivity index (χ0) is 20.7. The van der Waals surface area contributed by atoms with Crippen LogP contribution in [0.5, 0.6) is 0 Å². The minimum absolute atomic E-state index is 0.190. The third-order valence-corrected chi connectivity index (χ3v) is 8.19. The number of hydrogen-bond donors (Lipinski definition) is 1. The van der Waals surface area contributed by atoms with Crippen LogP contribution in [0.4, 0.5) is 0 Å². The highest BCUT2D eigenvalue weighted by Gasteiger charge is 2.45. The molecule has 0 aromatic carbocycles. The number of fused-ring (bicyclic) bond motifs is 1. The van der Waals surface area contributed by atoms with E-state index in [0.717, 1.165) is 49.7 Å². The van der Waals surface area contributed by atoms with Crippen LogP contribution >= 0.6 is 0 Å². The Kier molecular flexibility index (Phi) is 5.89. The number of aromatic nitrogens is 2. The van der Waals surface area contributed by atoms with Crippen LogP contribution in [0.25, 0.3) is 0 Å². The first-order chi connectivity index (χ1) is 14.6. The summed E-state index contributed by atoms with van der Waals surface area (Å²) in [6.07, 6.45) is 13.2. The first-order valence-electron chi connectivity index (χ1n) is 12.2. The van der Waals surface area contributed by atoms with E-state index >= 15 is 0 Å². The number of carbonyl (C=O) groups is 1. The molecule has 0 spiro atoms. The second kappa shape index (κ2) is 8.62. The zero-order valence-electron chi connectivity index (χ0n) is 18.7. The number of nitrogens with zero attached hydrogens (tertiary/aromatic N) is 3. The molecule has 1 saturated heterocycles. The topological polar surface area (TPSA) is 61.5 Å². The number of aromatic amines is 1. The van der Waals surface area contributed by atoms with Crippen LogP contribution in [0.3, 0.4) is 0 Å². The Morgan fingerprint density at radius 2 is 1.87 bits per heavy atom. The molecule has 1 aromatic heterocycles. The third kappa shape index (κ3) is 4.18. The molecule has 30 heavy (non-hydrogen) atoms. The predicted octanol–water partition coefficient (Wildman–Crippen LogP) is 3.66. The van der Waals surface area contributed by atoms with Gasteiger partial charge in [-0.1, -0.05) is 19.3 Å². The van der Waals surface area contributed by atoms with Crippen LogP contribution in [0.1, 0.15) is 79.8 Å². The van der Waals surface area contributed by atoms with Crippen molar-refractivity contribution in [3.05, 3.63) is 17.5 Å². The molecule has 6 nitrogen and oxygen atoms in total. The van der Waals surface area contributed by atoms with Gasteiger partial charge in [0, 0.05) is 31.7 Å². The van der Waals surface area contributed by atoms with Gasteiger partial charge in [-0.05, 0) is 70.4 Å². The molecular formula is C24H38N4O2. The van der Waals surface area contributed by atoms with Crippen LogP contribution in [-0.4, -0.2) is 71.8 Å². The molecule has 3 saturated carbocycles. The molecular weight excluding hydrogens is 376 g/mol. The summed E-state index contributed by atoms with van der Waals surface area (Å²) in [5.74, 6) is 2.62. The van der Waals surface area contributed by atoms with Crippen molar-refractivity contribution < 1.29 is 9.53 Å². The molecule has 2 heterocycles. The second-order valence-electron chi connectivity index (χ2n) is 10.6. The maximum atomic E-state index is 13.5. The summed E-state index contributed by atoms with van der Waals surface area (Å²) < 4.78 is 6.40. The van der Waals surface area contributed by atoms with Crippen molar-refractivity contribution in [1.82, 2.24) is 20.0 Å². The van der Waals surface area contributed by atoms with Crippen LogP contribution < -0.4 is 0 Å². The molecule has 1 aliphatic heterocycles. The van der Waals surface area contributed by atoms with Crippen LogP contribution in [0, 0.1) is 17.8 Å². The van der Waals surface area contributed by atoms with Crippen LogP contribution in [-0.2, 0) is 4.74 Å². The Morgan fingerprint density at radius 3 is 2.57 bits per heavy atom. The zero-order valence-corrected chi connectivity index (χ0v) is 18.7. The van der Waals surface area contributed by atoms with Gasteiger partial charge >= 0.3 is 0 Å². The largest absolute Gasteiger partial charge is 0.376 e. The number of hydrogen-bond acceptors (Lipinski definition) is 4. The molecule has 4 fully saturated rings. The lowest BCUT2D eigenvalue weighted by molar-refractivity contribution is -0.0493. The van der Waals surface area contributed by atoms with E-state index in [4.69, 9.17) is 4.74 Å². The Bertz CT molecular complexity index is 737. The van der Waals surface area contributed by atoms with Crippen molar-refractivity contribution in [3.8, 4) is 0 Å². The number of nitrogens with one attached hydrogen (secondary N) is 1. The molecule has 0 bridgehead atoms. The lowest BCUT2D eigenvalue weighted by Gasteiger charge is -2.41. The Balaban J connectivity index is 1.26. The van der Waals surface area contributed by atoms with Crippen molar-refractivity contribution in [2.24, 2.45) is 17.8 Å². The van der Waals surface area contributed by atoms with Gasteiger partial charge in [-0.3, -0.25) is 9.89 Å². The van der Waals surface area contributed by atoms with Gasteiger partial charge in [0.25, 0.3) is 5.91 Å². The maximum absolute atomic E-state index is 13.5. The van der Waals surface area contributed by atoms with Crippen LogP contribution in [0.2, 0.25) is 0 Å². The van der Waals surface area contributed by atoms with E-state index in [9.17, 15) is 4.79 Å². The highest BCUT2D eigenvalue weighted by atomic mass is 16.5. The minimum atomic E-state index is 0.190. The molecule has 1 amide bonds. The molecule has 3 aliphatic carbocycles. The third-order valence-electron chi connectivity index (χ3n) is 8.19. The van der Waals surface area contributed by atoms with Crippen LogP contribution in [0.15, 0.2) is 6.20 Å². The molecule has 6 heteroatoms. The van der Waals surface area contributed by atoms with Crippen molar-refractivity contribution in [1.29, 1.82) is 0 Å². The fraction of sp³-hybridized carbons (Fsp3) is 0.833. The number of amides is 1. The quantitative estimate of drug-likeness (QED) is 0.772. The van der Waals surface area contributed by atoms with E-state index in [1.54, 1.807) is 6.20 Å². The van der Waals surface area contributed by atoms with E-state index in [1.165, 1.54) is 44.9 Å². The van der Waals surface area contributed by atoms with Crippen molar-refractivity contribution in [2.45, 2.75) is 75.9 Å². The monoisotopic (exact) mass is 414 g/mol. The first kappa shape index (κ1) is 20.5. The molecule has 0 unspecified atom stereocenters. The minimum Gasteiger partial charge on any atom is -0.376 e. The fourth-order valence-corrected chi connectivity index (χ4v) is 6.16. The highest BCUT2D eigenvalue weighted by molar-refractivity contribution is 5.95. The summed E-state index contributed by atoms with van der Waals surface area (Å²) in [6.45, 7) is 2.69. The summed E-state index contributed by atoms with van der Waals surface area (Å²) in [7, 11) is 4.36. The van der Waals surface area contributed by atoms with E-state index in [1.807, 2.05) is 0 Å². The number of H-pyrrole nitrogens is 1. The Morgan fingerprint density at radius 1 is 1.13 bits per heavy atom. The van der Waals surface area contributed by atoms with Gasteiger partial charge < -0.3 is 14.5 Å². The Labute approximate surface area is 180 Å². The molecule has 166 valence electrons. The van der Waals surface area contributed by atoms with Gasteiger partial charge in [0.2, 0.25) is 0 Å². The van der Waals surface area contributed by atoms with Gasteiger partial charge in [-0.15, -0.1) is 0 Å². The summed E-state index contributed by atoms with van der Waals surface area (Å²) in [5, 5.41) is 7.46. The molecule has 4 aliphatic rings. The number of rotatable bonds is 6. The van der Waals surface area contributed by atoms with E-state index < -0.39 is 0 Å². The summed E-state index contributed by atoms with van der Waals surface area (Å²) in [4.78, 5) is 17.9. The summed E-state index contributed by atoms with van der Waals surface area (Å²) >= 11 is 0. The Hall–Kier alpha value is -1.40. The maximum Gasteiger partial charge on any atom is 0.257 e. The molecule has 1 N–H and O–H groups in total. The molecule has 4 atom stereocenters. The summed E-state index contributed by atoms with van der Waals surface area (Å²) in [5.41, 5.74) is 1.91. The van der Waals surface area contributed by atoms with E-state index in [0.29, 0.717) is 29.9 Å². The first-order valence-corrected chi connectivity index (χ1v) is 12.2. The standard InChI is InChI=1S/C24H38N4O2/c1-27(2)21-10-18-13-28(14-19(18)11-22(21)30-15-16-8-9-16)24(29)20-12-25-26-23(20)17-6-4-3-5-7-17/h12,16-19,21-22H,3-11,13-15H2,1-2H3,(H,25,26)/t18-,19+,21-,22-/m1/s1. The molecule has 5 rings (SSSR count). The average Bonchev–Trinajstić information content (AvgIpc) is 3.29. The van der Waals surface area contributed by atoms with Gasteiger partial charge in [-0.2, -0.15) is 5.10 Å². The number of ether oxygens (including phenoxy) is 1. The lowest BCUT2D eigenvalue weighted by Crippen LogP contribution is -2.48. The number of carbonyl (C=O) groups excluding carboxylic acids is 1. The molecule has 0 radical (unpaired) electrons. The van der Waals surface area contributed by atoms with Crippen molar-refractivity contribution in [2.75, 3.05) is 33.8 Å². The van der Waals surface area contributed by atoms with Gasteiger partial charge in [0.05, 0.1) is 23.6 Å². The van der Waals surface area contributed by atoms with Gasteiger partial charge in [0.15, 0.2) is 0 Å². The predicted molar refractivity (Wildman–Crippen MR) is 116 cm³/mol.